The first-order chi connectivity index (χ1) is 11.6. The van der Waals surface area contributed by atoms with Crippen molar-refractivity contribution in [3.8, 4) is 11.8 Å². The van der Waals surface area contributed by atoms with E-state index < -0.39 is 11.6 Å². The van der Waals surface area contributed by atoms with Crippen LogP contribution in [0.2, 0.25) is 0 Å². The second-order valence-electron chi connectivity index (χ2n) is 5.80. The molecule has 0 bridgehead atoms. The Morgan fingerprint density at radius 2 is 1.88 bits per heavy atom. The molecular weight excluding hydrogens is 316 g/mol. The van der Waals surface area contributed by atoms with Gasteiger partial charge in [0.25, 0.3) is 0 Å². The van der Waals surface area contributed by atoms with Gasteiger partial charge in [-0.2, -0.15) is 9.97 Å². The number of nitrogens with zero attached hydrogens (tertiary/aromatic N) is 3. The molecule has 2 aromatic rings. The molecule has 128 valence electrons. The standard InChI is InChI=1S/C17H19F2N3O2/c1-23-16-8-20-17(21-9-16)24-15-3-2-4-22(11-15)10-12-5-13(18)7-14(19)6-12/h5-9,15H,2-4,10-11H2,1H3. The van der Waals surface area contributed by atoms with Crippen LogP contribution in [0.25, 0.3) is 0 Å². The molecule has 0 spiro atoms. The summed E-state index contributed by atoms with van der Waals surface area (Å²) in [6.07, 6.45) is 4.89. The number of likely N-dealkylation sites (tertiary alicyclic amines) is 1. The predicted molar refractivity (Wildman–Crippen MR) is 83.9 cm³/mol. The molecule has 1 unspecified atom stereocenters. The van der Waals surface area contributed by atoms with Crippen molar-refractivity contribution in [1.29, 1.82) is 0 Å². The van der Waals surface area contributed by atoms with E-state index in [0.717, 1.165) is 25.5 Å². The Morgan fingerprint density at radius 1 is 1.17 bits per heavy atom. The third-order valence-corrected chi connectivity index (χ3v) is 3.90. The third kappa shape index (κ3) is 4.38. The highest BCUT2D eigenvalue weighted by atomic mass is 19.1. The zero-order chi connectivity index (χ0) is 16.9. The van der Waals surface area contributed by atoms with Crippen LogP contribution < -0.4 is 9.47 Å². The number of aromatic nitrogens is 2. The van der Waals surface area contributed by atoms with Gasteiger partial charge in [-0.15, -0.1) is 0 Å². The lowest BCUT2D eigenvalue weighted by Crippen LogP contribution is -2.40. The van der Waals surface area contributed by atoms with Crippen molar-refractivity contribution in [1.82, 2.24) is 14.9 Å². The maximum Gasteiger partial charge on any atom is 0.316 e. The molecule has 1 aliphatic heterocycles. The molecule has 1 aliphatic rings. The highest BCUT2D eigenvalue weighted by molar-refractivity contribution is 5.18. The summed E-state index contributed by atoms with van der Waals surface area (Å²) in [4.78, 5) is 10.3. The molecule has 1 saturated heterocycles. The van der Waals surface area contributed by atoms with E-state index in [1.165, 1.54) is 12.1 Å². The Bertz CT molecular complexity index is 662. The lowest BCUT2D eigenvalue weighted by molar-refractivity contribution is 0.0768. The topological polar surface area (TPSA) is 47.5 Å². The minimum absolute atomic E-state index is 0.0504. The fourth-order valence-electron chi connectivity index (χ4n) is 2.83. The number of benzene rings is 1. The van der Waals surface area contributed by atoms with Crippen LogP contribution in [0.3, 0.4) is 0 Å². The molecule has 5 nitrogen and oxygen atoms in total. The molecule has 3 rings (SSSR count). The van der Waals surface area contributed by atoms with Crippen LogP contribution in [-0.2, 0) is 6.54 Å². The van der Waals surface area contributed by atoms with Crippen molar-refractivity contribution in [3.63, 3.8) is 0 Å². The summed E-state index contributed by atoms with van der Waals surface area (Å²) in [5.41, 5.74) is 0.619. The largest absolute Gasteiger partial charge is 0.494 e. The molecule has 0 radical (unpaired) electrons. The zero-order valence-corrected chi connectivity index (χ0v) is 13.4. The molecule has 1 aromatic heterocycles. The second kappa shape index (κ2) is 7.53. The first-order valence-electron chi connectivity index (χ1n) is 7.82. The van der Waals surface area contributed by atoms with Gasteiger partial charge in [0.2, 0.25) is 0 Å². The van der Waals surface area contributed by atoms with Crippen molar-refractivity contribution in [2.45, 2.75) is 25.5 Å². The summed E-state index contributed by atoms with van der Waals surface area (Å²) in [6.45, 7) is 2.01. The summed E-state index contributed by atoms with van der Waals surface area (Å²) >= 11 is 0. The maximum atomic E-state index is 13.3. The molecule has 0 N–H and O–H groups in total. The summed E-state index contributed by atoms with van der Waals surface area (Å²) in [7, 11) is 1.55. The third-order valence-electron chi connectivity index (χ3n) is 3.90. The SMILES string of the molecule is COc1cnc(OC2CCCN(Cc3cc(F)cc(F)c3)C2)nc1. The number of hydrogen-bond donors (Lipinski definition) is 0. The van der Waals surface area contributed by atoms with Gasteiger partial charge in [-0.05, 0) is 37.1 Å². The highest BCUT2D eigenvalue weighted by Crippen LogP contribution is 2.19. The molecule has 0 aliphatic carbocycles. The number of halogens is 2. The number of rotatable bonds is 5. The summed E-state index contributed by atoms with van der Waals surface area (Å²) in [5, 5.41) is 0. The minimum Gasteiger partial charge on any atom is -0.494 e. The number of methoxy groups -OCH3 is 1. The van der Waals surface area contributed by atoms with Gasteiger partial charge < -0.3 is 9.47 Å². The van der Waals surface area contributed by atoms with Crippen LogP contribution in [0.5, 0.6) is 11.8 Å². The summed E-state index contributed by atoms with van der Waals surface area (Å²) in [6, 6.07) is 3.91. The quantitative estimate of drug-likeness (QED) is 0.841. The molecule has 1 atom stereocenters. The maximum absolute atomic E-state index is 13.3. The smallest absolute Gasteiger partial charge is 0.316 e. The Kier molecular flexibility index (Phi) is 5.20. The van der Waals surface area contributed by atoms with E-state index >= 15 is 0 Å². The van der Waals surface area contributed by atoms with Crippen LogP contribution >= 0.6 is 0 Å². The van der Waals surface area contributed by atoms with Gasteiger partial charge in [0, 0.05) is 19.2 Å². The van der Waals surface area contributed by atoms with Crippen molar-refractivity contribution >= 4 is 0 Å². The van der Waals surface area contributed by atoms with Gasteiger partial charge in [-0.1, -0.05) is 0 Å². The van der Waals surface area contributed by atoms with Crippen molar-refractivity contribution in [2.75, 3.05) is 20.2 Å². The average molecular weight is 335 g/mol. The summed E-state index contributed by atoms with van der Waals surface area (Å²) in [5.74, 6) is -0.538. The van der Waals surface area contributed by atoms with E-state index in [9.17, 15) is 8.78 Å². The zero-order valence-electron chi connectivity index (χ0n) is 13.4. The highest BCUT2D eigenvalue weighted by Gasteiger charge is 2.22. The van der Waals surface area contributed by atoms with E-state index in [4.69, 9.17) is 9.47 Å². The van der Waals surface area contributed by atoms with E-state index in [0.29, 0.717) is 30.4 Å². The first-order valence-corrected chi connectivity index (χ1v) is 7.82. The average Bonchev–Trinajstić information content (AvgIpc) is 2.55. The monoisotopic (exact) mass is 335 g/mol. The number of ether oxygens (including phenoxy) is 2. The van der Waals surface area contributed by atoms with Gasteiger partial charge in [0.05, 0.1) is 19.5 Å². The van der Waals surface area contributed by atoms with Gasteiger partial charge in [0.15, 0.2) is 5.75 Å². The van der Waals surface area contributed by atoms with Crippen LogP contribution in [0.1, 0.15) is 18.4 Å². The number of piperidine rings is 1. The fourth-order valence-corrected chi connectivity index (χ4v) is 2.83. The molecular formula is C17H19F2N3O2. The van der Waals surface area contributed by atoms with Gasteiger partial charge >= 0.3 is 6.01 Å². The van der Waals surface area contributed by atoms with E-state index in [1.807, 2.05) is 0 Å². The Balaban J connectivity index is 1.59. The van der Waals surface area contributed by atoms with Gasteiger partial charge in [-0.25, -0.2) is 8.78 Å². The lowest BCUT2D eigenvalue weighted by atomic mass is 10.1. The molecule has 0 saturated carbocycles. The van der Waals surface area contributed by atoms with Crippen LogP contribution in [0, 0.1) is 11.6 Å². The van der Waals surface area contributed by atoms with Crippen molar-refractivity contribution < 1.29 is 18.3 Å². The fraction of sp³-hybridized carbons (Fsp3) is 0.412. The van der Waals surface area contributed by atoms with E-state index in [-0.39, 0.29) is 6.10 Å². The predicted octanol–water partition coefficient (Wildman–Crippen LogP) is 2.81. The first kappa shape index (κ1) is 16.6. The van der Waals surface area contributed by atoms with Crippen LogP contribution in [-0.4, -0.2) is 41.2 Å². The van der Waals surface area contributed by atoms with Gasteiger partial charge in [-0.3, -0.25) is 4.90 Å². The van der Waals surface area contributed by atoms with Gasteiger partial charge in [0.1, 0.15) is 17.7 Å². The Hall–Kier alpha value is -2.28. The summed E-state index contributed by atoms with van der Waals surface area (Å²) < 4.78 is 37.4. The molecule has 2 heterocycles. The van der Waals surface area contributed by atoms with E-state index in [2.05, 4.69) is 14.9 Å². The normalized spacial score (nSPS) is 18.4. The lowest BCUT2D eigenvalue weighted by Gasteiger charge is -2.32. The van der Waals surface area contributed by atoms with Crippen LogP contribution in [0.15, 0.2) is 30.6 Å². The Morgan fingerprint density at radius 3 is 2.54 bits per heavy atom. The molecule has 1 fully saturated rings. The Labute approximate surface area is 139 Å². The van der Waals surface area contributed by atoms with E-state index in [1.54, 1.807) is 19.5 Å². The van der Waals surface area contributed by atoms with Crippen molar-refractivity contribution in [3.05, 3.63) is 47.8 Å². The van der Waals surface area contributed by atoms with Crippen LogP contribution in [0.4, 0.5) is 8.78 Å². The second-order valence-corrected chi connectivity index (χ2v) is 5.80. The minimum atomic E-state index is -0.554. The molecule has 1 aromatic carbocycles. The van der Waals surface area contributed by atoms with Crippen molar-refractivity contribution in [2.24, 2.45) is 0 Å². The molecule has 7 heteroatoms. The number of hydrogen-bond acceptors (Lipinski definition) is 5. The molecule has 0 amide bonds. The molecule has 24 heavy (non-hydrogen) atoms.